The molecule has 6 nitrogen and oxygen atoms in total. The van der Waals surface area contributed by atoms with Gasteiger partial charge < -0.3 is 20.9 Å². The van der Waals surface area contributed by atoms with E-state index in [1.54, 1.807) is 7.05 Å². The van der Waals surface area contributed by atoms with Crippen LogP contribution in [-0.2, 0) is 12.8 Å². The molecule has 3 aromatic rings. The molecule has 152 valence electrons. The van der Waals surface area contributed by atoms with Crippen LogP contribution in [0, 0.1) is 0 Å². The van der Waals surface area contributed by atoms with E-state index >= 15 is 0 Å². The van der Waals surface area contributed by atoms with Crippen LogP contribution in [-0.4, -0.2) is 43.5 Å². The summed E-state index contributed by atoms with van der Waals surface area (Å²) in [7, 11) is 1.64. The lowest BCUT2D eigenvalue weighted by Crippen LogP contribution is -2.38. The summed E-state index contributed by atoms with van der Waals surface area (Å²) in [6.45, 7) is 4.33. The molecule has 0 aliphatic rings. The molecule has 0 saturated carbocycles. The third-order valence-corrected chi connectivity index (χ3v) is 4.79. The second-order valence-corrected chi connectivity index (χ2v) is 6.83. The zero-order valence-corrected chi connectivity index (χ0v) is 17.1. The fourth-order valence-electron chi connectivity index (χ4n) is 3.31. The molecular formula is C23H29N5O. The van der Waals surface area contributed by atoms with Crippen LogP contribution < -0.4 is 16.0 Å². The number of rotatable bonds is 8. The van der Waals surface area contributed by atoms with Crippen LogP contribution >= 0.6 is 0 Å². The lowest BCUT2D eigenvalue weighted by molar-refractivity contribution is 0.0963. The summed E-state index contributed by atoms with van der Waals surface area (Å²) in [5.74, 6) is 0.752. The summed E-state index contributed by atoms with van der Waals surface area (Å²) in [6, 6.07) is 16.0. The predicted molar refractivity (Wildman–Crippen MR) is 120 cm³/mol. The van der Waals surface area contributed by atoms with Crippen molar-refractivity contribution in [3.63, 3.8) is 0 Å². The van der Waals surface area contributed by atoms with Crippen LogP contribution in [0.5, 0.6) is 0 Å². The van der Waals surface area contributed by atoms with E-state index < -0.39 is 0 Å². The number of amides is 1. The third kappa shape index (κ3) is 5.60. The van der Waals surface area contributed by atoms with E-state index in [2.05, 4.69) is 52.3 Å². The second kappa shape index (κ2) is 10.3. The van der Waals surface area contributed by atoms with E-state index in [1.165, 1.54) is 10.9 Å². The van der Waals surface area contributed by atoms with Crippen LogP contribution in [0.3, 0.4) is 0 Å². The van der Waals surface area contributed by atoms with Crippen molar-refractivity contribution in [1.82, 2.24) is 20.9 Å². The van der Waals surface area contributed by atoms with Gasteiger partial charge in [-0.2, -0.15) is 0 Å². The number of aliphatic imine (C=N–C) groups is 1. The number of carbonyl (C=O) groups is 1. The molecule has 1 aromatic heterocycles. The highest BCUT2D eigenvalue weighted by molar-refractivity contribution is 5.94. The number of hydrogen-bond acceptors (Lipinski definition) is 2. The van der Waals surface area contributed by atoms with Gasteiger partial charge in [0.1, 0.15) is 0 Å². The smallest absolute Gasteiger partial charge is 0.251 e. The Hall–Kier alpha value is -3.28. The second-order valence-electron chi connectivity index (χ2n) is 6.83. The summed E-state index contributed by atoms with van der Waals surface area (Å²) in [5.41, 5.74) is 4.25. The molecule has 2 aromatic carbocycles. The number of guanidine groups is 1. The van der Waals surface area contributed by atoms with Gasteiger partial charge in [-0.25, -0.2) is 0 Å². The van der Waals surface area contributed by atoms with Crippen molar-refractivity contribution < 1.29 is 4.79 Å². The van der Waals surface area contributed by atoms with Gasteiger partial charge in [-0.1, -0.05) is 30.3 Å². The molecular weight excluding hydrogens is 362 g/mol. The minimum absolute atomic E-state index is 0.0630. The molecule has 6 heteroatoms. The van der Waals surface area contributed by atoms with Crippen molar-refractivity contribution in [2.45, 2.75) is 19.8 Å². The number of H-pyrrole nitrogens is 1. The van der Waals surface area contributed by atoms with Gasteiger partial charge in [-0.3, -0.25) is 9.79 Å². The van der Waals surface area contributed by atoms with Gasteiger partial charge in [0.05, 0.1) is 0 Å². The molecule has 0 spiro atoms. The van der Waals surface area contributed by atoms with E-state index in [1.807, 2.05) is 30.3 Å². The topological polar surface area (TPSA) is 81.3 Å². The first-order chi connectivity index (χ1) is 14.2. The standard InChI is InChI=1S/C23H29N5O/c1-3-25-23(26-13-11-17-7-6-8-18(15-17)22(29)24-2)27-14-12-19-16-28-21-10-5-4-9-20(19)21/h4-10,15-16,28H,3,11-14H2,1-2H3,(H,24,29)(H2,25,26,27). The number of nitrogens with one attached hydrogen (secondary N) is 4. The van der Waals surface area contributed by atoms with Crippen molar-refractivity contribution in [1.29, 1.82) is 0 Å². The Morgan fingerprint density at radius 2 is 1.93 bits per heavy atom. The number of para-hydroxylation sites is 1. The molecule has 4 N–H and O–H groups in total. The van der Waals surface area contributed by atoms with E-state index in [-0.39, 0.29) is 5.91 Å². The number of aromatic nitrogens is 1. The first-order valence-electron chi connectivity index (χ1n) is 10.1. The minimum atomic E-state index is -0.0630. The molecule has 1 heterocycles. The van der Waals surface area contributed by atoms with E-state index in [0.29, 0.717) is 12.1 Å². The Morgan fingerprint density at radius 1 is 1.07 bits per heavy atom. The summed E-state index contributed by atoms with van der Waals surface area (Å²) < 4.78 is 0. The molecule has 0 saturated heterocycles. The minimum Gasteiger partial charge on any atom is -0.361 e. The summed E-state index contributed by atoms with van der Waals surface area (Å²) in [5, 5.41) is 10.6. The Bertz CT molecular complexity index is 976. The lowest BCUT2D eigenvalue weighted by Gasteiger charge is -2.11. The molecule has 0 unspecified atom stereocenters. The van der Waals surface area contributed by atoms with E-state index in [9.17, 15) is 4.79 Å². The molecule has 0 bridgehead atoms. The normalized spacial score (nSPS) is 11.4. The first kappa shape index (κ1) is 20.5. The maximum Gasteiger partial charge on any atom is 0.251 e. The Labute approximate surface area is 171 Å². The van der Waals surface area contributed by atoms with Gasteiger partial charge in [0, 0.05) is 49.3 Å². The number of aromatic amines is 1. The molecule has 0 aliphatic carbocycles. The maximum atomic E-state index is 11.8. The molecule has 0 aliphatic heterocycles. The molecule has 1 amide bonds. The monoisotopic (exact) mass is 391 g/mol. The molecule has 29 heavy (non-hydrogen) atoms. The van der Waals surface area contributed by atoms with Crippen LogP contribution in [0.15, 0.2) is 59.7 Å². The van der Waals surface area contributed by atoms with Gasteiger partial charge in [0.15, 0.2) is 5.96 Å². The zero-order valence-electron chi connectivity index (χ0n) is 17.1. The number of fused-ring (bicyclic) bond motifs is 1. The maximum absolute atomic E-state index is 11.8. The molecule has 0 radical (unpaired) electrons. The SMILES string of the molecule is CCNC(=NCCc1c[nH]c2ccccc12)NCCc1cccc(C(=O)NC)c1. The zero-order chi connectivity index (χ0) is 20.5. The Balaban J connectivity index is 1.53. The van der Waals surface area contributed by atoms with Crippen LogP contribution in [0.25, 0.3) is 10.9 Å². The highest BCUT2D eigenvalue weighted by atomic mass is 16.1. The van der Waals surface area contributed by atoms with Crippen LogP contribution in [0.4, 0.5) is 0 Å². The quantitative estimate of drug-likeness (QED) is 0.352. The van der Waals surface area contributed by atoms with Crippen molar-refractivity contribution in [3.8, 4) is 0 Å². The first-order valence-corrected chi connectivity index (χ1v) is 10.1. The molecule has 0 atom stereocenters. The summed E-state index contributed by atoms with van der Waals surface area (Å²) >= 11 is 0. The average Bonchev–Trinajstić information content (AvgIpc) is 3.16. The van der Waals surface area contributed by atoms with Crippen molar-refractivity contribution in [2.75, 3.05) is 26.7 Å². The van der Waals surface area contributed by atoms with Gasteiger partial charge in [-0.15, -0.1) is 0 Å². The number of nitrogens with zero attached hydrogens (tertiary/aromatic N) is 1. The summed E-state index contributed by atoms with van der Waals surface area (Å²) in [4.78, 5) is 19.8. The third-order valence-electron chi connectivity index (χ3n) is 4.79. The highest BCUT2D eigenvalue weighted by Crippen LogP contribution is 2.17. The van der Waals surface area contributed by atoms with Gasteiger partial charge in [0.25, 0.3) is 5.91 Å². The Morgan fingerprint density at radius 3 is 2.76 bits per heavy atom. The molecule has 3 rings (SSSR count). The van der Waals surface area contributed by atoms with E-state index in [4.69, 9.17) is 4.99 Å². The van der Waals surface area contributed by atoms with Gasteiger partial charge in [-0.05, 0) is 49.1 Å². The molecule has 0 fully saturated rings. The Kier molecular flexibility index (Phi) is 7.28. The number of hydrogen-bond donors (Lipinski definition) is 4. The van der Waals surface area contributed by atoms with Crippen molar-refractivity contribution in [3.05, 3.63) is 71.4 Å². The largest absolute Gasteiger partial charge is 0.361 e. The van der Waals surface area contributed by atoms with Crippen LogP contribution in [0.1, 0.15) is 28.4 Å². The summed E-state index contributed by atoms with van der Waals surface area (Å²) in [6.07, 6.45) is 3.77. The fourth-order valence-corrected chi connectivity index (χ4v) is 3.31. The van der Waals surface area contributed by atoms with E-state index in [0.717, 1.165) is 43.0 Å². The van der Waals surface area contributed by atoms with Gasteiger partial charge in [0.2, 0.25) is 0 Å². The van der Waals surface area contributed by atoms with Crippen LogP contribution in [0.2, 0.25) is 0 Å². The number of benzene rings is 2. The average molecular weight is 392 g/mol. The highest BCUT2D eigenvalue weighted by Gasteiger charge is 2.05. The fraction of sp³-hybridized carbons (Fsp3) is 0.304. The lowest BCUT2D eigenvalue weighted by atomic mass is 10.1. The van der Waals surface area contributed by atoms with Crippen molar-refractivity contribution in [2.24, 2.45) is 4.99 Å². The van der Waals surface area contributed by atoms with Crippen molar-refractivity contribution >= 4 is 22.8 Å². The number of carbonyl (C=O) groups excluding carboxylic acids is 1. The predicted octanol–water partition coefficient (Wildman–Crippen LogP) is 2.87. The van der Waals surface area contributed by atoms with Gasteiger partial charge >= 0.3 is 0 Å².